The molecule has 1 saturated heterocycles. The molecular formula is C20H28N4O3S. The minimum atomic E-state index is -3.18. The van der Waals surface area contributed by atoms with Crippen LogP contribution >= 0.6 is 0 Å². The second-order valence-corrected chi connectivity index (χ2v) is 9.34. The van der Waals surface area contributed by atoms with Crippen LogP contribution in [0.2, 0.25) is 0 Å². The zero-order valence-corrected chi connectivity index (χ0v) is 17.5. The number of hydrogen-bond donors (Lipinski definition) is 1. The fourth-order valence-corrected chi connectivity index (χ4v) is 3.69. The molecule has 2 aliphatic heterocycles. The van der Waals surface area contributed by atoms with Gasteiger partial charge < -0.3 is 15.0 Å². The molecular weight excluding hydrogens is 376 g/mol. The lowest BCUT2D eigenvalue weighted by Crippen LogP contribution is -2.46. The first kappa shape index (κ1) is 20.4. The van der Waals surface area contributed by atoms with E-state index >= 15 is 0 Å². The summed E-state index contributed by atoms with van der Waals surface area (Å²) in [5, 5.41) is 3.19. The van der Waals surface area contributed by atoms with Gasteiger partial charge >= 0.3 is 0 Å². The standard InChI is InChI=1S/C20H28N4O3S/c1-15(28(4,25)26)5-8-20(21-3)24-11-9-23(10-12-24)16(2)17-6-7-18-19(13-17)27-14-22-18/h5-8,13,16,22H,3,9-12,14H2,1-2,4H3/b15-5+,20-8+. The summed E-state index contributed by atoms with van der Waals surface area (Å²) in [5.74, 6) is 1.62. The van der Waals surface area contributed by atoms with Crippen LogP contribution in [0.4, 0.5) is 5.69 Å². The van der Waals surface area contributed by atoms with Crippen molar-refractivity contribution >= 4 is 22.2 Å². The quantitative estimate of drug-likeness (QED) is 0.580. The van der Waals surface area contributed by atoms with Gasteiger partial charge in [0.05, 0.1) is 5.69 Å². The molecule has 28 heavy (non-hydrogen) atoms. The molecule has 152 valence electrons. The molecule has 0 aromatic heterocycles. The predicted octanol–water partition coefficient (Wildman–Crippen LogP) is 2.62. The summed E-state index contributed by atoms with van der Waals surface area (Å²) in [6, 6.07) is 6.62. The zero-order valence-electron chi connectivity index (χ0n) is 16.7. The van der Waals surface area contributed by atoms with Crippen LogP contribution < -0.4 is 10.1 Å². The van der Waals surface area contributed by atoms with Crippen molar-refractivity contribution in [2.75, 3.05) is 44.5 Å². The summed E-state index contributed by atoms with van der Waals surface area (Å²) in [4.78, 5) is 8.97. The third kappa shape index (κ3) is 4.56. The Bertz CT molecular complexity index is 900. The zero-order chi connectivity index (χ0) is 20.3. The number of nitrogens with zero attached hydrogens (tertiary/aromatic N) is 3. The van der Waals surface area contributed by atoms with Crippen molar-refractivity contribution in [3.05, 3.63) is 46.6 Å². The Kier molecular flexibility index (Phi) is 6.10. The Balaban J connectivity index is 1.64. The van der Waals surface area contributed by atoms with Gasteiger partial charge in [0, 0.05) is 43.4 Å². The molecule has 1 atom stereocenters. The molecule has 2 heterocycles. The highest BCUT2D eigenvalue weighted by molar-refractivity contribution is 7.94. The van der Waals surface area contributed by atoms with Crippen molar-refractivity contribution in [2.45, 2.75) is 19.9 Å². The van der Waals surface area contributed by atoms with Crippen molar-refractivity contribution in [1.82, 2.24) is 9.80 Å². The number of aliphatic imine (C=N–C) groups is 1. The minimum absolute atomic E-state index is 0.285. The average Bonchev–Trinajstić information content (AvgIpc) is 3.15. The highest BCUT2D eigenvalue weighted by atomic mass is 32.2. The van der Waals surface area contributed by atoms with E-state index in [9.17, 15) is 8.42 Å². The molecule has 1 N–H and O–H groups in total. The van der Waals surface area contributed by atoms with Gasteiger partial charge in [-0.15, -0.1) is 0 Å². The number of allylic oxidation sites excluding steroid dienone is 3. The fourth-order valence-electron chi connectivity index (χ4n) is 3.38. The van der Waals surface area contributed by atoms with Gasteiger partial charge in [-0.1, -0.05) is 6.07 Å². The van der Waals surface area contributed by atoms with Crippen molar-refractivity contribution in [1.29, 1.82) is 0 Å². The maximum absolute atomic E-state index is 11.6. The van der Waals surface area contributed by atoms with Gasteiger partial charge in [0.15, 0.2) is 16.6 Å². The van der Waals surface area contributed by atoms with Gasteiger partial charge in [0.1, 0.15) is 11.6 Å². The van der Waals surface area contributed by atoms with Crippen molar-refractivity contribution in [3.8, 4) is 5.75 Å². The molecule has 0 amide bonds. The predicted molar refractivity (Wildman–Crippen MR) is 113 cm³/mol. The van der Waals surface area contributed by atoms with E-state index in [-0.39, 0.29) is 6.04 Å². The van der Waals surface area contributed by atoms with Crippen molar-refractivity contribution in [3.63, 3.8) is 0 Å². The van der Waals surface area contributed by atoms with E-state index in [1.165, 1.54) is 11.8 Å². The number of rotatable bonds is 6. The summed E-state index contributed by atoms with van der Waals surface area (Å²) < 4.78 is 28.7. The van der Waals surface area contributed by atoms with Gasteiger partial charge in [-0.25, -0.2) is 13.4 Å². The number of piperazine rings is 1. The van der Waals surface area contributed by atoms with E-state index in [0.717, 1.165) is 37.6 Å². The Hall–Kier alpha value is -2.32. The molecule has 0 radical (unpaired) electrons. The third-order valence-electron chi connectivity index (χ3n) is 5.38. The van der Waals surface area contributed by atoms with E-state index in [1.54, 1.807) is 19.1 Å². The number of fused-ring (bicyclic) bond motifs is 1. The summed E-state index contributed by atoms with van der Waals surface area (Å²) in [6.07, 6.45) is 4.52. The minimum Gasteiger partial charge on any atom is -0.471 e. The topological polar surface area (TPSA) is 74.2 Å². The highest BCUT2D eigenvalue weighted by Gasteiger charge is 2.24. The molecule has 0 spiro atoms. The Morgan fingerprint density at radius 1 is 1.29 bits per heavy atom. The summed E-state index contributed by atoms with van der Waals surface area (Å²) in [7, 11) is -3.18. The van der Waals surface area contributed by atoms with E-state index in [2.05, 4.69) is 51.9 Å². The highest BCUT2D eigenvalue weighted by Crippen LogP contribution is 2.33. The lowest BCUT2D eigenvalue weighted by Gasteiger charge is -2.39. The van der Waals surface area contributed by atoms with E-state index in [4.69, 9.17) is 4.74 Å². The first-order chi connectivity index (χ1) is 13.3. The second kappa shape index (κ2) is 8.36. The molecule has 1 aromatic rings. The molecule has 1 fully saturated rings. The lowest BCUT2D eigenvalue weighted by atomic mass is 10.0. The average molecular weight is 405 g/mol. The maximum atomic E-state index is 11.6. The number of anilines is 1. The summed E-state index contributed by atoms with van der Waals surface area (Å²) in [5.41, 5.74) is 2.28. The van der Waals surface area contributed by atoms with Crippen molar-refractivity contribution < 1.29 is 13.2 Å². The normalized spacial score (nSPS) is 19.6. The van der Waals surface area contributed by atoms with Crippen LogP contribution in [0.15, 0.2) is 46.1 Å². The first-order valence-corrected chi connectivity index (χ1v) is 11.2. The van der Waals surface area contributed by atoms with Gasteiger partial charge in [0.2, 0.25) is 0 Å². The second-order valence-electron chi connectivity index (χ2n) is 7.15. The molecule has 2 aliphatic rings. The number of hydrogen-bond acceptors (Lipinski definition) is 7. The summed E-state index contributed by atoms with van der Waals surface area (Å²) in [6.45, 7) is 11.4. The van der Waals surface area contributed by atoms with Crippen LogP contribution in [0.3, 0.4) is 0 Å². The first-order valence-electron chi connectivity index (χ1n) is 9.34. The van der Waals surface area contributed by atoms with Crippen LogP contribution in [-0.2, 0) is 9.84 Å². The summed E-state index contributed by atoms with van der Waals surface area (Å²) >= 11 is 0. The maximum Gasteiger partial charge on any atom is 0.171 e. The van der Waals surface area contributed by atoms with Gasteiger partial charge in [-0.3, -0.25) is 4.90 Å². The van der Waals surface area contributed by atoms with Gasteiger partial charge in [-0.2, -0.15) is 0 Å². The lowest BCUT2D eigenvalue weighted by molar-refractivity contribution is 0.122. The van der Waals surface area contributed by atoms with E-state index in [1.807, 2.05) is 0 Å². The van der Waals surface area contributed by atoms with Crippen LogP contribution in [0, 0.1) is 0 Å². The smallest absolute Gasteiger partial charge is 0.171 e. The number of ether oxygens (including phenoxy) is 1. The van der Waals surface area contributed by atoms with Crippen LogP contribution in [0.25, 0.3) is 0 Å². The Morgan fingerprint density at radius 2 is 2.00 bits per heavy atom. The number of nitrogens with one attached hydrogen (secondary N) is 1. The van der Waals surface area contributed by atoms with E-state index in [0.29, 0.717) is 17.5 Å². The SMILES string of the molecule is C=N/C(=C\C=C(/C)S(C)(=O)=O)N1CCN(C(C)c2ccc3c(c2)OCN3)CC1. The number of benzene rings is 1. The molecule has 0 bridgehead atoms. The van der Waals surface area contributed by atoms with Gasteiger partial charge in [0.25, 0.3) is 0 Å². The van der Waals surface area contributed by atoms with Crippen LogP contribution in [0.1, 0.15) is 25.5 Å². The number of sulfone groups is 1. The fraction of sp³-hybridized carbons (Fsp3) is 0.450. The third-order valence-corrected chi connectivity index (χ3v) is 6.68. The Labute approximate surface area is 167 Å². The molecule has 0 saturated carbocycles. The molecule has 8 heteroatoms. The Morgan fingerprint density at radius 3 is 2.64 bits per heavy atom. The molecule has 1 aromatic carbocycles. The molecule has 3 rings (SSSR count). The molecule has 1 unspecified atom stereocenters. The van der Waals surface area contributed by atoms with Crippen molar-refractivity contribution in [2.24, 2.45) is 4.99 Å². The largest absolute Gasteiger partial charge is 0.471 e. The van der Waals surface area contributed by atoms with Gasteiger partial charge in [-0.05, 0) is 50.4 Å². The van der Waals surface area contributed by atoms with Crippen LogP contribution in [-0.4, -0.2) is 64.1 Å². The van der Waals surface area contributed by atoms with Crippen LogP contribution in [0.5, 0.6) is 5.75 Å². The van der Waals surface area contributed by atoms with E-state index < -0.39 is 9.84 Å². The molecule has 0 aliphatic carbocycles. The monoisotopic (exact) mass is 404 g/mol. The molecule has 7 nitrogen and oxygen atoms in total.